The van der Waals surface area contributed by atoms with Gasteiger partial charge in [-0.3, -0.25) is 4.79 Å². The molecule has 0 saturated carbocycles. The minimum atomic E-state index is 0.0987. The van der Waals surface area contributed by atoms with Crippen LogP contribution in [0.3, 0.4) is 0 Å². The zero-order chi connectivity index (χ0) is 9.14. The normalized spacial score (nSPS) is 12.9. The summed E-state index contributed by atoms with van der Waals surface area (Å²) in [6, 6.07) is 3.30. The van der Waals surface area contributed by atoms with E-state index in [-0.39, 0.29) is 5.43 Å². The Balaban J connectivity index is 3.08. The van der Waals surface area contributed by atoms with Crippen molar-refractivity contribution in [2.45, 2.75) is 33.1 Å². The number of aromatic nitrogens is 1. The average molecular weight is 165 g/mol. The molecule has 0 aromatic carbocycles. The maximum atomic E-state index is 11.1. The summed E-state index contributed by atoms with van der Waals surface area (Å²) >= 11 is 0. The molecule has 66 valence electrons. The summed E-state index contributed by atoms with van der Waals surface area (Å²) in [5, 5.41) is 0. The fourth-order valence-electron chi connectivity index (χ4n) is 1.19. The van der Waals surface area contributed by atoms with Crippen molar-refractivity contribution in [2.24, 2.45) is 0 Å². The largest absolute Gasteiger partial charge is 0.362 e. The van der Waals surface area contributed by atoms with Gasteiger partial charge in [0.1, 0.15) is 0 Å². The van der Waals surface area contributed by atoms with Gasteiger partial charge in [-0.25, -0.2) is 0 Å². The summed E-state index contributed by atoms with van der Waals surface area (Å²) in [5.74, 6) is 0.442. The molecule has 1 rings (SSSR count). The van der Waals surface area contributed by atoms with Gasteiger partial charge in [0.2, 0.25) is 0 Å². The molecular weight excluding hydrogens is 150 g/mol. The zero-order valence-corrected chi connectivity index (χ0v) is 7.85. The first-order chi connectivity index (χ1) is 5.63. The molecule has 1 N–H and O–H groups in total. The van der Waals surface area contributed by atoms with Crippen LogP contribution in [-0.4, -0.2) is 4.98 Å². The Labute approximate surface area is 72.6 Å². The van der Waals surface area contributed by atoms with Gasteiger partial charge < -0.3 is 4.98 Å². The van der Waals surface area contributed by atoms with Crippen molar-refractivity contribution in [2.75, 3.05) is 0 Å². The molecule has 2 nitrogen and oxygen atoms in total. The first-order valence-corrected chi connectivity index (χ1v) is 4.34. The number of aryl methyl sites for hydroxylation is 1. The van der Waals surface area contributed by atoms with Crippen molar-refractivity contribution in [1.82, 2.24) is 4.98 Å². The molecule has 0 aliphatic carbocycles. The molecule has 0 radical (unpaired) electrons. The van der Waals surface area contributed by atoms with Crippen molar-refractivity contribution in [3.05, 3.63) is 33.7 Å². The molecule has 0 amide bonds. The van der Waals surface area contributed by atoms with Crippen LogP contribution in [0.25, 0.3) is 0 Å². The quantitative estimate of drug-likeness (QED) is 0.716. The lowest BCUT2D eigenvalue weighted by Gasteiger charge is -2.08. The van der Waals surface area contributed by atoms with Crippen LogP contribution in [-0.2, 0) is 0 Å². The van der Waals surface area contributed by atoms with Gasteiger partial charge in [0.05, 0.1) is 0 Å². The molecule has 0 bridgehead atoms. The molecule has 12 heavy (non-hydrogen) atoms. The van der Waals surface area contributed by atoms with E-state index in [0.29, 0.717) is 5.92 Å². The highest BCUT2D eigenvalue weighted by atomic mass is 16.1. The fourth-order valence-corrected chi connectivity index (χ4v) is 1.19. The lowest BCUT2D eigenvalue weighted by Crippen LogP contribution is -2.06. The molecule has 1 atom stereocenters. The van der Waals surface area contributed by atoms with Crippen molar-refractivity contribution in [1.29, 1.82) is 0 Å². The lowest BCUT2D eigenvalue weighted by molar-refractivity contribution is 0.703. The van der Waals surface area contributed by atoms with Gasteiger partial charge >= 0.3 is 0 Å². The average Bonchev–Trinajstić information content (AvgIpc) is 2.01. The monoisotopic (exact) mass is 165 g/mol. The molecule has 0 aliphatic heterocycles. The highest BCUT2D eigenvalue weighted by Crippen LogP contribution is 2.14. The van der Waals surface area contributed by atoms with E-state index >= 15 is 0 Å². The van der Waals surface area contributed by atoms with Crippen molar-refractivity contribution < 1.29 is 0 Å². The number of hydrogen-bond acceptors (Lipinski definition) is 1. The summed E-state index contributed by atoms with van der Waals surface area (Å²) in [7, 11) is 0. The van der Waals surface area contributed by atoms with Gasteiger partial charge in [-0.15, -0.1) is 0 Å². The van der Waals surface area contributed by atoms with E-state index in [1.807, 2.05) is 6.92 Å². The number of pyridine rings is 1. The first kappa shape index (κ1) is 9.04. The van der Waals surface area contributed by atoms with Crippen LogP contribution in [0, 0.1) is 6.92 Å². The summed E-state index contributed by atoms with van der Waals surface area (Å²) in [5.41, 5.74) is 2.09. The molecular formula is C10H15NO. The highest BCUT2D eigenvalue weighted by Gasteiger charge is 2.03. The molecule has 0 spiro atoms. The minimum Gasteiger partial charge on any atom is -0.362 e. The molecule has 1 aromatic rings. The van der Waals surface area contributed by atoms with Crippen LogP contribution in [0.15, 0.2) is 16.9 Å². The lowest BCUT2D eigenvalue weighted by atomic mass is 10.0. The second kappa shape index (κ2) is 3.57. The van der Waals surface area contributed by atoms with Crippen LogP contribution < -0.4 is 5.43 Å². The second-order valence-corrected chi connectivity index (χ2v) is 3.26. The Morgan fingerprint density at radius 2 is 2.17 bits per heavy atom. The van der Waals surface area contributed by atoms with Gasteiger partial charge in [-0.05, 0) is 19.3 Å². The molecule has 1 aromatic heterocycles. The van der Waals surface area contributed by atoms with Crippen molar-refractivity contribution in [3.8, 4) is 0 Å². The van der Waals surface area contributed by atoms with E-state index in [0.717, 1.165) is 17.8 Å². The van der Waals surface area contributed by atoms with Crippen LogP contribution >= 0.6 is 0 Å². The molecule has 0 fully saturated rings. The van der Waals surface area contributed by atoms with Crippen LogP contribution in [0.4, 0.5) is 0 Å². The number of nitrogens with one attached hydrogen (secondary N) is 1. The maximum Gasteiger partial charge on any atom is 0.182 e. The number of hydrogen-bond donors (Lipinski definition) is 1. The Kier molecular flexibility index (Phi) is 2.69. The number of aromatic amines is 1. The SMILES string of the molecule is CCC(C)c1cc(=O)cc(C)[nH]1. The van der Waals surface area contributed by atoms with Crippen molar-refractivity contribution >= 4 is 0 Å². The molecule has 1 heterocycles. The zero-order valence-electron chi connectivity index (χ0n) is 7.85. The molecule has 2 heteroatoms. The molecule has 0 aliphatic rings. The topological polar surface area (TPSA) is 32.9 Å². The predicted molar refractivity (Wildman–Crippen MR) is 50.5 cm³/mol. The third kappa shape index (κ3) is 1.97. The summed E-state index contributed by atoms with van der Waals surface area (Å²) < 4.78 is 0. The Hall–Kier alpha value is -1.05. The minimum absolute atomic E-state index is 0.0987. The van der Waals surface area contributed by atoms with Crippen LogP contribution in [0.5, 0.6) is 0 Å². The molecule has 1 unspecified atom stereocenters. The van der Waals surface area contributed by atoms with Gasteiger partial charge in [-0.2, -0.15) is 0 Å². The van der Waals surface area contributed by atoms with Gasteiger partial charge in [-0.1, -0.05) is 13.8 Å². The predicted octanol–water partition coefficient (Wildman–Crippen LogP) is 2.20. The fraction of sp³-hybridized carbons (Fsp3) is 0.500. The van der Waals surface area contributed by atoms with Gasteiger partial charge in [0.15, 0.2) is 5.43 Å². The van der Waals surface area contributed by atoms with Gasteiger partial charge in [0, 0.05) is 23.5 Å². The van der Waals surface area contributed by atoms with E-state index < -0.39 is 0 Å². The number of rotatable bonds is 2. The Bertz CT molecular complexity index is 314. The third-order valence-electron chi connectivity index (χ3n) is 2.14. The van der Waals surface area contributed by atoms with E-state index in [2.05, 4.69) is 18.8 Å². The van der Waals surface area contributed by atoms with Crippen LogP contribution in [0.1, 0.15) is 37.6 Å². The summed E-state index contributed by atoms with van der Waals surface area (Å²) in [6.07, 6.45) is 1.05. The standard InChI is InChI=1S/C10H15NO/c1-4-7(2)10-6-9(12)5-8(3)11-10/h5-7H,4H2,1-3H3,(H,11,12). The van der Waals surface area contributed by atoms with E-state index in [9.17, 15) is 4.79 Å². The first-order valence-electron chi connectivity index (χ1n) is 4.34. The van der Waals surface area contributed by atoms with E-state index in [1.54, 1.807) is 12.1 Å². The second-order valence-electron chi connectivity index (χ2n) is 3.26. The van der Waals surface area contributed by atoms with E-state index in [1.165, 1.54) is 0 Å². The Morgan fingerprint density at radius 1 is 1.50 bits per heavy atom. The molecule has 0 saturated heterocycles. The number of H-pyrrole nitrogens is 1. The smallest absolute Gasteiger partial charge is 0.182 e. The third-order valence-corrected chi connectivity index (χ3v) is 2.14. The van der Waals surface area contributed by atoms with Crippen LogP contribution in [0.2, 0.25) is 0 Å². The van der Waals surface area contributed by atoms with E-state index in [4.69, 9.17) is 0 Å². The summed E-state index contributed by atoms with van der Waals surface area (Å²) in [6.45, 7) is 6.14. The highest BCUT2D eigenvalue weighted by molar-refractivity contribution is 5.13. The van der Waals surface area contributed by atoms with Gasteiger partial charge in [0.25, 0.3) is 0 Å². The maximum absolute atomic E-state index is 11.1. The summed E-state index contributed by atoms with van der Waals surface area (Å²) in [4.78, 5) is 14.3. The van der Waals surface area contributed by atoms with Crippen molar-refractivity contribution in [3.63, 3.8) is 0 Å². The Morgan fingerprint density at radius 3 is 2.67 bits per heavy atom.